The van der Waals surface area contributed by atoms with Gasteiger partial charge in [-0.05, 0) is 26.1 Å². The summed E-state index contributed by atoms with van der Waals surface area (Å²) in [6.45, 7) is 1.18. The molecule has 0 aliphatic rings. The van der Waals surface area contributed by atoms with Crippen LogP contribution in [-0.4, -0.2) is 38.7 Å². The molecule has 0 aromatic heterocycles. The third kappa shape index (κ3) is 4.87. The van der Waals surface area contributed by atoms with Crippen molar-refractivity contribution in [3.05, 3.63) is 29.6 Å². The molecule has 1 aromatic carbocycles. The van der Waals surface area contributed by atoms with Crippen LogP contribution in [0.1, 0.15) is 18.4 Å². The van der Waals surface area contributed by atoms with Crippen molar-refractivity contribution in [3.8, 4) is 5.75 Å². The van der Waals surface area contributed by atoms with Crippen LogP contribution in [0.2, 0.25) is 0 Å². The lowest BCUT2D eigenvalue weighted by molar-refractivity contribution is -0.140. The van der Waals surface area contributed by atoms with Crippen molar-refractivity contribution >= 4 is 5.97 Å². The zero-order valence-electron chi connectivity index (χ0n) is 11.6. The first-order valence-electron chi connectivity index (χ1n) is 6.15. The van der Waals surface area contributed by atoms with Crippen molar-refractivity contribution in [1.82, 2.24) is 4.90 Å². The topological polar surface area (TPSA) is 38.8 Å². The van der Waals surface area contributed by atoms with E-state index in [4.69, 9.17) is 4.74 Å². The number of hydrogen-bond acceptors (Lipinski definition) is 4. The first-order chi connectivity index (χ1) is 9.08. The van der Waals surface area contributed by atoms with Gasteiger partial charge in [-0.1, -0.05) is 12.1 Å². The summed E-state index contributed by atoms with van der Waals surface area (Å²) in [5.74, 6) is -0.300. The Hall–Kier alpha value is -1.62. The van der Waals surface area contributed by atoms with E-state index in [1.807, 2.05) is 11.9 Å². The molecular formula is C14H20FNO3. The van der Waals surface area contributed by atoms with Gasteiger partial charge < -0.3 is 14.4 Å². The van der Waals surface area contributed by atoms with Gasteiger partial charge in [0, 0.05) is 18.5 Å². The molecule has 0 N–H and O–H groups in total. The molecule has 0 atom stereocenters. The summed E-state index contributed by atoms with van der Waals surface area (Å²) in [7, 11) is 4.70. The van der Waals surface area contributed by atoms with E-state index >= 15 is 0 Å². The van der Waals surface area contributed by atoms with Gasteiger partial charge in [-0.2, -0.15) is 0 Å². The van der Waals surface area contributed by atoms with Crippen LogP contribution in [0, 0.1) is 5.82 Å². The van der Waals surface area contributed by atoms with E-state index < -0.39 is 0 Å². The summed E-state index contributed by atoms with van der Waals surface area (Å²) in [6.07, 6.45) is 1.07. The van der Waals surface area contributed by atoms with Crippen LogP contribution < -0.4 is 4.74 Å². The Labute approximate surface area is 113 Å². The summed E-state index contributed by atoms with van der Waals surface area (Å²) >= 11 is 0. The van der Waals surface area contributed by atoms with Gasteiger partial charge in [0.15, 0.2) is 11.6 Å². The molecular weight excluding hydrogens is 249 g/mol. The van der Waals surface area contributed by atoms with Crippen LogP contribution in [0.15, 0.2) is 18.2 Å². The second kappa shape index (κ2) is 7.74. The minimum atomic E-state index is -0.329. The van der Waals surface area contributed by atoms with Gasteiger partial charge in [0.1, 0.15) is 0 Å². The summed E-state index contributed by atoms with van der Waals surface area (Å²) in [4.78, 5) is 12.9. The van der Waals surface area contributed by atoms with Gasteiger partial charge in [0.25, 0.3) is 0 Å². The van der Waals surface area contributed by atoms with E-state index in [-0.39, 0.29) is 17.5 Å². The van der Waals surface area contributed by atoms with Crippen LogP contribution in [0.4, 0.5) is 4.39 Å². The number of esters is 1. The first kappa shape index (κ1) is 15.4. The monoisotopic (exact) mass is 269 g/mol. The quantitative estimate of drug-likeness (QED) is 0.711. The molecule has 0 unspecified atom stereocenters. The molecule has 0 radical (unpaired) electrons. The van der Waals surface area contributed by atoms with Crippen LogP contribution in [0.3, 0.4) is 0 Å². The predicted octanol–water partition coefficient (Wildman–Crippen LogP) is 2.22. The maximum absolute atomic E-state index is 13.9. The van der Waals surface area contributed by atoms with Crippen molar-refractivity contribution in [3.63, 3.8) is 0 Å². The summed E-state index contributed by atoms with van der Waals surface area (Å²) in [5, 5.41) is 0. The zero-order chi connectivity index (χ0) is 14.3. The highest BCUT2D eigenvalue weighted by Crippen LogP contribution is 2.20. The number of carbonyl (C=O) groups excluding carboxylic acids is 1. The molecule has 106 valence electrons. The number of carbonyl (C=O) groups is 1. The van der Waals surface area contributed by atoms with Gasteiger partial charge in [0.05, 0.1) is 14.2 Å². The Morgan fingerprint density at radius 3 is 2.74 bits per heavy atom. The van der Waals surface area contributed by atoms with Crippen LogP contribution >= 0.6 is 0 Å². The third-order valence-corrected chi connectivity index (χ3v) is 2.85. The third-order valence-electron chi connectivity index (χ3n) is 2.85. The molecule has 0 bridgehead atoms. The van der Waals surface area contributed by atoms with E-state index in [9.17, 15) is 9.18 Å². The minimum absolute atomic E-state index is 0.221. The number of halogens is 1. The maximum Gasteiger partial charge on any atom is 0.305 e. The zero-order valence-corrected chi connectivity index (χ0v) is 11.6. The molecule has 5 heteroatoms. The van der Waals surface area contributed by atoms with E-state index in [0.717, 1.165) is 0 Å². The van der Waals surface area contributed by atoms with E-state index in [1.165, 1.54) is 14.2 Å². The molecule has 1 rings (SSSR count). The standard InChI is InChI=1S/C14H20FNO3/c1-16(9-5-8-13(17)19-3)10-11-6-4-7-12(18-2)14(11)15/h4,6-7H,5,8-10H2,1-3H3. The molecule has 1 aromatic rings. The second-order valence-electron chi connectivity index (χ2n) is 4.35. The van der Waals surface area contributed by atoms with Crippen molar-refractivity contribution < 1.29 is 18.7 Å². The lowest BCUT2D eigenvalue weighted by Crippen LogP contribution is -2.20. The Morgan fingerprint density at radius 2 is 2.11 bits per heavy atom. The highest BCUT2D eigenvalue weighted by molar-refractivity contribution is 5.69. The van der Waals surface area contributed by atoms with Crippen LogP contribution in [0.25, 0.3) is 0 Å². The Kier molecular flexibility index (Phi) is 6.29. The van der Waals surface area contributed by atoms with Crippen molar-refractivity contribution in [2.45, 2.75) is 19.4 Å². The van der Waals surface area contributed by atoms with Crippen molar-refractivity contribution in [2.24, 2.45) is 0 Å². The van der Waals surface area contributed by atoms with Crippen molar-refractivity contribution in [1.29, 1.82) is 0 Å². The highest BCUT2D eigenvalue weighted by atomic mass is 19.1. The molecule has 4 nitrogen and oxygen atoms in total. The molecule has 0 heterocycles. The minimum Gasteiger partial charge on any atom is -0.494 e. The van der Waals surface area contributed by atoms with Gasteiger partial charge in [0.2, 0.25) is 0 Å². The number of methoxy groups -OCH3 is 2. The fourth-order valence-electron chi connectivity index (χ4n) is 1.80. The highest BCUT2D eigenvalue weighted by Gasteiger charge is 2.10. The van der Waals surface area contributed by atoms with Crippen LogP contribution in [-0.2, 0) is 16.1 Å². The van der Waals surface area contributed by atoms with E-state index in [0.29, 0.717) is 31.5 Å². The Morgan fingerprint density at radius 1 is 1.37 bits per heavy atom. The molecule has 0 spiro atoms. The normalized spacial score (nSPS) is 10.6. The maximum atomic E-state index is 13.9. The van der Waals surface area contributed by atoms with Crippen LogP contribution in [0.5, 0.6) is 5.75 Å². The largest absolute Gasteiger partial charge is 0.494 e. The van der Waals surface area contributed by atoms with Gasteiger partial charge >= 0.3 is 5.97 Å². The van der Waals surface area contributed by atoms with Gasteiger partial charge in [-0.25, -0.2) is 4.39 Å². The predicted molar refractivity (Wildman–Crippen MR) is 70.5 cm³/mol. The lowest BCUT2D eigenvalue weighted by Gasteiger charge is -2.17. The van der Waals surface area contributed by atoms with E-state index in [2.05, 4.69) is 4.74 Å². The average molecular weight is 269 g/mol. The average Bonchev–Trinajstić information content (AvgIpc) is 2.41. The molecule has 0 aliphatic heterocycles. The molecule has 0 amide bonds. The Balaban J connectivity index is 2.48. The summed E-state index contributed by atoms with van der Waals surface area (Å²) in [6, 6.07) is 5.09. The second-order valence-corrected chi connectivity index (χ2v) is 4.35. The smallest absolute Gasteiger partial charge is 0.305 e. The first-order valence-corrected chi connectivity index (χ1v) is 6.15. The number of ether oxygens (including phenoxy) is 2. The van der Waals surface area contributed by atoms with Gasteiger partial charge in [-0.3, -0.25) is 4.79 Å². The summed E-state index contributed by atoms with van der Waals surface area (Å²) < 4.78 is 23.4. The van der Waals surface area contributed by atoms with Crippen molar-refractivity contribution in [2.75, 3.05) is 27.8 Å². The lowest BCUT2D eigenvalue weighted by atomic mass is 10.2. The number of hydrogen-bond donors (Lipinski definition) is 0. The SMILES string of the molecule is COC(=O)CCCN(C)Cc1cccc(OC)c1F. The fourth-order valence-corrected chi connectivity index (χ4v) is 1.80. The van der Waals surface area contributed by atoms with E-state index in [1.54, 1.807) is 18.2 Å². The molecule has 0 saturated carbocycles. The Bertz CT molecular complexity index is 423. The molecule has 0 aliphatic carbocycles. The molecule has 0 saturated heterocycles. The number of benzene rings is 1. The number of nitrogens with zero attached hydrogens (tertiary/aromatic N) is 1. The number of rotatable bonds is 7. The summed E-state index contributed by atoms with van der Waals surface area (Å²) in [5.41, 5.74) is 0.583. The van der Waals surface area contributed by atoms with Gasteiger partial charge in [-0.15, -0.1) is 0 Å². The fraction of sp³-hybridized carbons (Fsp3) is 0.500. The molecule has 19 heavy (non-hydrogen) atoms. The molecule has 0 fully saturated rings.